The van der Waals surface area contributed by atoms with Crippen LogP contribution in [0.25, 0.3) is 0 Å². The highest BCUT2D eigenvalue weighted by atomic mass is 16.4. The lowest BCUT2D eigenvalue weighted by atomic mass is 10.2. The lowest BCUT2D eigenvalue weighted by molar-refractivity contribution is -0.142. The summed E-state index contributed by atoms with van der Waals surface area (Å²) in [6.07, 6.45) is 0.520. The van der Waals surface area contributed by atoms with E-state index in [-0.39, 0.29) is 18.9 Å². The fourth-order valence-electron chi connectivity index (χ4n) is 1.38. The lowest BCUT2D eigenvalue weighted by Crippen LogP contribution is -2.47. The molecule has 0 saturated carbocycles. The number of carbonyl (C=O) groups excluding carboxylic acids is 2. The minimum absolute atomic E-state index is 0.0942. The fourth-order valence-corrected chi connectivity index (χ4v) is 1.38. The number of nitrogens with one attached hydrogen (secondary N) is 1. The third-order valence-corrected chi connectivity index (χ3v) is 2.57. The van der Waals surface area contributed by atoms with Gasteiger partial charge in [0.2, 0.25) is 5.91 Å². The molecule has 104 valence electrons. The number of likely N-dealkylation sites (N-methyl/N-ethyl adjacent to an activating group) is 1. The SMILES string of the molecule is CCC(C(=O)O)N(C)C(=O)NCCC(=O)N(C)C. The molecule has 0 heterocycles. The Labute approximate surface area is 107 Å². The molecule has 18 heavy (non-hydrogen) atoms. The van der Waals surface area contributed by atoms with Gasteiger partial charge in [0.25, 0.3) is 0 Å². The number of carboxylic acids is 1. The van der Waals surface area contributed by atoms with Crippen LogP contribution >= 0.6 is 0 Å². The van der Waals surface area contributed by atoms with E-state index in [0.717, 1.165) is 4.90 Å². The van der Waals surface area contributed by atoms with Crippen LogP contribution in [0.2, 0.25) is 0 Å². The molecule has 0 rings (SSSR count). The molecule has 0 bridgehead atoms. The molecule has 3 amide bonds. The molecule has 0 aromatic carbocycles. The molecular weight excluding hydrogens is 238 g/mol. The quantitative estimate of drug-likeness (QED) is 0.701. The first-order chi connectivity index (χ1) is 8.31. The minimum Gasteiger partial charge on any atom is -0.480 e. The summed E-state index contributed by atoms with van der Waals surface area (Å²) in [4.78, 5) is 36.3. The maximum atomic E-state index is 11.6. The fraction of sp³-hybridized carbons (Fsp3) is 0.727. The number of amides is 3. The number of rotatable bonds is 6. The monoisotopic (exact) mass is 259 g/mol. The molecule has 0 aliphatic heterocycles. The molecule has 0 aliphatic rings. The van der Waals surface area contributed by atoms with Crippen LogP contribution in [0, 0.1) is 0 Å². The Kier molecular flexibility index (Phi) is 6.77. The molecule has 0 spiro atoms. The van der Waals surface area contributed by atoms with Crippen LogP contribution in [-0.4, -0.2) is 66.5 Å². The van der Waals surface area contributed by atoms with E-state index in [9.17, 15) is 14.4 Å². The van der Waals surface area contributed by atoms with Crippen molar-refractivity contribution in [1.82, 2.24) is 15.1 Å². The van der Waals surface area contributed by atoms with Crippen molar-refractivity contribution in [2.75, 3.05) is 27.7 Å². The van der Waals surface area contributed by atoms with Crippen LogP contribution in [0.4, 0.5) is 4.79 Å². The summed E-state index contributed by atoms with van der Waals surface area (Å²) >= 11 is 0. The maximum absolute atomic E-state index is 11.6. The normalized spacial score (nSPS) is 11.6. The molecule has 0 aromatic rings. The summed E-state index contributed by atoms with van der Waals surface area (Å²) in [7, 11) is 4.69. The Balaban J connectivity index is 4.17. The van der Waals surface area contributed by atoms with Crippen molar-refractivity contribution in [3.63, 3.8) is 0 Å². The second-order valence-electron chi connectivity index (χ2n) is 4.14. The number of hydrogen-bond donors (Lipinski definition) is 2. The van der Waals surface area contributed by atoms with Gasteiger partial charge in [-0.1, -0.05) is 6.92 Å². The molecule has 0 saturated heterocycles. The Bertz CT molecular complexity index is 317. The van der Waals surface area contributed by atoms with Crippen LogP contribution in [0.5, 0.6) is 0 Å². The number of hydrogen-bond acceptors (Lipinski definition) is 3. The van der Waals surface area contributed by atoms with E-state index in [2.05, 4.69) is 5.32 Å². The van der Waals surface area contributed by atoms with Gasteiger partial charge in [-0.15, -0.1) is 0 Å². The average molecular weight is 259 g/mol. The van der Waals surface area contributed by atoms with Crippen molar-refractivity contribution in [2.45, 2.75) is 25.8 Å². The molecule has 0 aliphatic carbocycles. The summed E-state index contributed by atoms with van der Waals surface area (Å²) in [5.41, 5.74) is 0. The molecule has 1 atom stereocenters. The van der Waals surface area contributed by atoms with Crippen LogP contribution in [-0.2, 0) is 9.59 Å². The van der Waals surface area contributed by atoms with Crippen molar-refractivity contribution in [3.05, 3.63) is 0 Å². The van der Waals surface area contributed by atoms with Crippen LogP contribution < -0.4 is 5.32 Å². The van der Waals surface area contributed by atoms with Crippen molar-refractivity contribution in [1.29, 1.82) is 0 Å². The highest BCUT2D eigenvalue weighted by molar-refractivity contribution is 5.83. The summed E-state index contributed by atoms with van der Waals surface area (Å²) in [5.74, 6) is -1.14. The number of carboxylic acid groups (broad SMARTS) is 1. The molecule has 7 heteroatoms. The van der Waals surface area contributed by atoms with E-state index in [1.165, 1.54) is 11.9 Å². The molecule has 0 radical (unpaired) electrons. The van der Waals surface area contributed by atoms with E-state index in [4.69, 9.17) is 5.11 Å². The van der Waals surface area contributed by atoms with E-state index < -0.39 is 18.0 Å². The summed E-state index contributed by atoms with van der Waals surface area (Å²) in [6.45, 7) is 1.88. The van der Waals surface area contributed by atoms with Gasteiger partial charge >= 0.3 is 12.0 Å². The summed E-state index contributed by atoms with van der Waals surface area (Å²) in [5, 5.41) is 11.4. The van der Waals surface area contributed by atoms with Gasteiger partial charge in [-0.25, -0.2) is 9.59 Å². The number of carbonyl (C=O) groups is 3. The zero-order valence-corrected chi connectivity index (χ0v) is 11.3. The largest absolute Gasteiger partial charge is 0.480 e. The molecule has 0 aromatic heterocycles. The van der Waals surface area contributed by atoms with E-state index in [0.29, 0.717) is 6.42 Å². The molecule has 7 nitrogen and oxygen atoms in total. The Morgan fingerprint density at radius 3 is 2.17 bits per heavy atom. The average Bonchev–Trinajstić information content (AvgIpc) is 2.28. The molecule has 1 unspecified atom stereocenters. The third kappa shape index (κ3) is 5.03. The van der Waals surface area contributed by atoms with Gasteiger partial charge in [0, 0.05) is 34.1 Å². The van der Waals surface area contributed by atoms with Crippen LogP contribution in [0.3, 0.4) is 0 Å². The van der Waals surface area contributed by atoms with Gasteiger partial charge in [-0.2, -0.15) is 0 Å². The highest BCUT2D eigenvalue weighted by Gasteiger charge is 2.24. The minimum atomic E-state index is -1.04. The lowest BCUT2D eigenvalue weighted by Gasteiger charge is -2.24. The first kappa shape index (κ1) is 16.2. The van der Waals surface area contributed by atoms with Crippen molar-refractivity contribution in [3.8, 4) is 0 Å². The van der Waals surface area contributed by atoms with E-state index in [1.807, 2.05) is 0 Å². The van der Waals surface area contributed by atoms with Crippen molar-refractivity contribution < 1.29 is 19.5 Å². The smallest absolute Gasteiger partial charge is 0.326 e. The zero-order valence-electron chi connectivity index (χ0n) is 11.3. The van der Waals surface area contributed by atoms with Gasteiger partial charge < -0.3 is 20.2 Å². The van der Waals surface area contributed by atoms with Crippen LogP contribution in [0.1, 0.15) is 19.8 Å². The number of nitrogens with zero attached hydrogens (tertiary/aromatic N) is 2. The van der Waals surface area contributed by atoms with Gasteiger partial charge in [0.05, 0.1) is 0 Å². The van der Waals surface area contributed by atoms with E-state index in [1.54, 1.807) is 21.0 Å². The first-order valence-electron chi connectivity index (χ1n) is 5.74. The summed E-state index contributed by atoms with van der Waals surface area (Å²) in [6, 6.07) is -1.34. The van der Waals surface area contributed by atoms with E-state index >= 15 is 0 Å². The Morgan fingerprint density at radius 2 is 1.78 bits per heavy atom. The second-order valence-corrected chi connectivity index (χ2v) is 4.14. The van der Waals surface area contributed by atoms with Gasteiger partial charge in [0.1, 0.15) is 6.04 Å². The number of urea groups is 1. The van der Waals surface area contributed by atoms with Crippen LogP contribution in [0.15, 0.2) is 0 Å². The predicted octanol–water partition coefficient (Wildman–Crippen LogP) is -0.0307. The van der Waals surface area contributed by atoms with Crippen molar-refractivity contribution in [2.24, 2.45) is 0 Å². The molecule has 0 fully saturated rings. The Hall–Kier alpha value is -1.79. The first-order valence-corrected chi connectivity index (χ1v) is 5.74. The molecular formula is C11H21N3O4. The van der Waals surface area contributed by atoms with Gasteiger partial charge in [-0.05, 0) is 6.42 Å². The van der Waals surface area contributed by atoms with Gasteiger partial charge in [0.15, 0.2) is 0 Å². The van der Waals surface area contributed by atoms with Crippen molar-refractivity contribution >= 4 is 17.9 Å². The zero-order chi connectivity index (χ0) is 14.3. The third-order valence-electron chi connectivity index (χ3n) is 2.57. The van der Waals surface area contributed by atoms with Gasteiger partial charge in [-0.3, -0.25) is 4.79 Å². The second kappa shape index (κ2) is 7.52. The Morgan fingerprint density at radius 1 is 1.22 bits per heavy atom. The topological polar surface area (TPSA) is 90.0 Å². The standard InChI is InChI=1S/C11H21N3O4/c1-5-8(10(16)17)14(4)11(18)12-7-6-9(15)13(2)3/h8H,5-7H2,1-4H3,(H,12,18)(H,16,17). The maximum Gasteiger partial charge on any atom is 0.326 e. The number of aliphatic carboxylic acids is 1. The molecule has 2 N–H and O–H groups in total. The highest BCUT2D eigenvalue weighted by Crippen LogP contribution is 2.02. The summed E-state index contributed by atoms with van der Waals surface area (Å²) < 4.78 is 0. The predicted molar refractivity (Wildman–Crippen MR) is 66.2 cm³/mol.